The zero-order valence-electron chi connectivity index (χ0n) is 10.2. The lowest BCUT2D eigenvalue weighted by Gasteiger charge is -2.22. The standard InChI is InChI=1S/C14H18OS/c1-10-6-4-7-12(11(10)2)13(15)14(3)8-5-9-16-14/h4,6-7H,5,8-9H2,1-3H3. The van der Waals surface area contributed by atoms with Crippen LogP contribution >= 0.6 is 11.8 Å². The van der Waals surface area contributed by atoms with Gasteiger partial charge in [0.25, 0.3) is 0 Å². The predicted octanol–water partition coefficient (Wildman–Crippen LogP) is 3.77. The quantitative estimate of drug-likeness (QED) is 0.725. The highest BCUT2D eigenvalue weighted by Crippen LogP contribution is 2.40. The van der Waals surface area contributed by atoms with Gasteiger partial charge in [-0.05, 0) is 50.5 Å². The lowest BCUT2D eigenvalue weighted by molar-refractivity contribution is 0.0948. The van der Waals surface area contributed by atoms with E-state index < -0.39 is 0 Å². The Morgan fingerprint density at radius 3 is 2.75 bits per heavy atom. The van der Waals surface area contributed by atoms with Gasteiger partial charge in [0.1, 0.15) is 0 Å². The van der Waals surface area contributed by atoms with E-state index >= 15 is 0 Å². The molecule has 1 aliphatic heterocycles. The fourth-order valence-corrected chi connectivity index (χ4v) is 3.51. The van der Waals surface area contributed by atoms with E-state index in [4.69, 9.17) is 0 Å². The van der Waals surface area contributed by atoms with E-state index in [0.717, 1.165) is 29.7 Å². The minimum absolute atomic E-state index is 0.182. The maximum atomic E-state index is 12.5. The van der Waals surface area contributed by atoms with Crippen molar-refractivity contribution in [2.75, 3.05) is 5.75 Å². The van der Waals surface area contributed by atoms with Crippen LogP contribution in [0.25, 0.3) is 0 Å². The molecular weight excluding hydrogens is 216 g/mol. The maximum Gasteiger partial charge on any atom is 0.178 e. The first-order valence-electron chi connectivity index (χ1n) is 5.79. The Hall–Kier alpha value is -0.760. The normalized spacial score (nSPS) is 24.7. The number of carbonyl (C=O) groups is 1. The first-order chi connectivity index (χ1) is 7.54. The molecule has 1 atom stereocenters. The highest BCUT2D eigenvalue weighted by atomic mass is 32.2. The molecule has 1 fully saturated rings. The largest absolute Gasteiger partial charge is 0.293 e. The van der Waals surface area contributed by atoms with Crippen LogP contribution in [0.15, 0.2) is 18.2 Å². The van der Waals surface area contributed by atoms with E-state index in [-0.39, 0.29) is 4.75 Å². The van der Waals surface area contributed by atoms with Crippen LogP contribution in [0, 0.1) is 13.8 Å². The van der Waals surface area contributed by atoms with Gasteiger partial charge >= 0.3 is 0 Å². The van der Waals surface area contributed by atoms with E-state index in [1.807, 2.05) is 30.8 Å². The first kappa shape index (κ1) is 11.7. The second-order valence-electron chi connectivity index (χ2n) is 4.76. The van der Waals surface area contributed by atoms with Crippen LogP contribution in [0.2, 0.25) is 0 Å². The Balaban J connectivity index is 2.37. The van der Waals surface area contributed by atoms with Crippen LogP contribution in [0.1, 0.15) is 41.3 Å². The van der Waals surface area contributed by atoms with E-state index in [0.29, 0.717) is 5.78 Å². The van der Waals surface area contributed by atoms with Crippen LogP contribution in [0.3, 0.4) is 0 Å². The summed E-state index contributed by atoms with van der Waals surface area (Å²) in [7, 11) is 0. The van der Waals surface area contributed by atoms with Crippen LogP contribution in [0.4, 0.5) is 0 Å². The van der Waals surface area contributed by atoms with Crippen molar-refractivity contribution in [3.8, 4) is 0 Å². The van der Waals surface area contributed by atoms with Gasteiger partial charge < -0.3 is 0 Å². The summed E-state index contributed by atoms with van der Waals surface area (Å²) >= 11 is 1.81. The van der Waals surface area contributed by atoms with Crippen molar-refractivity contribution in [2.24, 2.45) is 0 Å². The molecule has 0 radical (unpaired) electrons. The average Bonchev–Trinajstić information content (AvgIpc) is 2.70. The van der Waals surface area contributed by atoms with Crippen molar-refractivity contribution in [2.45, 2.75) is 38.4 Å². The number of carbonyl (C=O) groups excluding carboxylic acids is 1. The number of hydrogen-bond donors (Lipinski definition) is 0. The Morgan fingerprint density at radius 2 is 2.12 bits per heavy atom. The number of benzene rings is 1. The van der Waals surface area contributed by atoms with Gasteiger partial charge in [-0.2, -0.15) is 0 Å². The summed E-state index contributed by atoms with van der Waals surface area (Å²) in [5.41, 5.74) is 3.26. The van der Waals surface area contributed by atoms with Gasteiger partial charge in [0.15, 0.2) is 5.78 Å². The molecule has 0 amide bonds. The maximum absolute atomic E-state index is 12.5. The molecule has 0 aromatic heterocycles. The third-order valence-electron chi connectivity index (χ3n) is 3.55. The van der Waals surface area contributed by atoms with Gasteiger partial charge in [0.05, 0.1) is 4.75 Å². The number of rotatable bonds is 2. The SMILES string of the molecule is Cc1cccc(C(=O)C2(C)CCCS2)c1C. The Kier molecular flexibility index (Phi) is 3.11. The van der Waals surface area contributed by atoms with E-state index in [9.17, 15) is 4.79 Å². The second kappa shape index (κ2) is 4.25. The molecule has 0 aliphatic carbocycles. The molecule has 2 rings (SSSR count). The van der Waals surface area contributed by atoms with Gasteiger partial charge in [0.2, 0.25) is 0 Å². The van der Waals surface area contributed by atoms with Crippen molar-refractivity contribution in [1.29, 1.82) is 0 Å². The van der Waals surface area contributed by atoms with Crippen molar-refractivity contribution >= 4 is 17.5 Å². The summed E-state index contributed by atoms with van der Waals surface area (Å²) < 4.78 is -0.182. The number of ketones is 1. The average molecular weight is 234 g/mol. The van der Waals surface area contributed by atoms with Gasteiger partial charge in [-0.15, -0.1) is 11.8 Å². The van der Waals surface area contributed by atoms with E-state index in [2.05, 4.69) is 19.9 Å². The molecule has 0 bridgehead atoms. The summed E-state index contributed by atoms with van der Waals surface area (Å²) in [6.07, 6.45) is 2.18. The van der Waals surface area contributed by atoms with E-state index in [1.54, 1.807) is 0 Å². The summed E-state index contributed by atoms with van der Waals surface area (Å²) in [5, 5.41) is 0. The Bertz CT molecular complexity index is 417. The molecule has 86 valence electrons. The van der Waals surface area contributed by atoms with Crippen molar-refractivity contribution in [3.05, 3.63) is 34.9 Å². The number of aryl methyl sites for hydroxylation is 1. The molecule has 0 spiro atoms. The predicted molar refractivity (Wildman–Crippen MR) is 70.3 cm³/mol. The molecule has 1 aliphatic rings. The molecular formula is C14H18OS. The third kappa shape index (κ3) is 1.91. The van der Waals surface area contributed by atoms with Crippen LogP contribution in [-0.2, 0) is 0 Å². The fraction of sp³-hybridized carbons (Fsp3) is 0.500. The fourth-order valence-electron chi connectivity index (χ4n) is 2.24. The van der Waals surface area contributed by atoms with Crippen LogP contribution in [0.5, 0.6) is 0 Å². The summed E-state index contributed by atoms with van der Waals surface area (Å²) in [6, 6.07) is 6.02. The van der Waals surface area contributed by atoms with Crippen LogP contribution in [-0.4, -0.2) is 16.3 Å². The first-order valence-corrected chi connectivity index (χ1v) is 6.78. The third-order valence-corrected chi connectivity index (χ3v) is 5.07. The van der Waals surface area contributed by atoms with Gasteiger partial charge in [-0.25, -0.2) is 0 Å². The zero-order valence-corrected chi connectivity index (χ0v) is 11.0. The zero-order chi connectivity index (χ0) is 11.8. The molecule has 1 aromatic carbocycles. The minimum atomic E-state index is -0.182. The second-order valence-corrected chi connectivity index (χ2v) is 6.36. The molecule has 1 unspecified atom stereocenters. The topological polar surface area (TPSA) is 17.1 Å². The molecule has 0 saturated carbocycles. The summed E-state index contributed by atoms with van der Waals surface area (Å²) in [6.45, 7) is 6.20. The lowest BCUT2D eigenvalue weighted by atomic mass is 9.90. The highest BCUT2D eigenvalue weighted by molar-refractivity contribution is 8.01. The Morgan fingerprint density at radius 1 is 1.38 bits per heavy atom. The van der Waals surface area contributed by atoms with Gasteiger partial charge in [-0.3, -0.25) is 4.79 Å². The smallest absolute Gasteiger partial charge is 0.178 e. The molecule has 1 heterocycles. The highest BCUT2D eigenvalue weighted by Gasteiger charge is 2.38. The van der Waals surface area contributed by atoms with E-state index in [1.165, 1.54) is 5.56 Å². The summed E-state index contributed by atoms with van der Waals surface area (Å²) in [5.74, 6) is 1.43. The van der Waals surface area contributed by atoms with Crippen molar-refractivity contribution < 1.29 is 4.79 Å². The molecule has 1 saturated heterocycles. The number of Topliss-reactive ketones (excluding diaryl/α,β-unsaturated/α-hetero) is 1. The number of hydrogen-bond acceptors (Lipinski definition) is 2. The molecule has 0 N–H and O–H groups in total. The van der Waals surface area contributed by atoms with Crippen molar-refractivity contribution in [1.82, 2.24) is 0 Å². The Labute approximate surface area is 102 Å². The molecule has 1 nitrogen and oxygen atoms in total. The molecule has 16 heavy (non-hydrogen) atoms. The molecule has 1 aromatic rings. The van der Waals surface area contributed by atoms with Crippen molar-refractivity contribution in [3.63, 3.8) is 0 Å². The van der Waals surface area contributed by atoms with Crippen LogP contribution < -0.4 is 0 Å². The summed E-state index contributed by atoms with van der Waals surface area (Å²) in [4.78, 5) is 12.5. The van der Waals surface area contributed by atoms with Gasteiger partial charge in [-0.1, -0.05) is 18.2 Å². The lowest BCUT2D eigenvalue weighted by Crippen LogP contribution is -2.29. The monoisotopic (exact) mass is 234 g/mol. The van der Waals surface area contributed by atoms with Gasteiger partial charge in [0, 0.05) is 5.56 Å². The molecule has 2 heteroatoms. The number of thioether (sulfide) groups is 1. The minimum Gasteiger partial charge on any atom is -0.293 e.